The lowest BCUT2D eigenvalue weighted by atomic mass is 9.93. The van der Waals surface area contributed by atoms with Crippen molar-refractivity contribution in [3.8, 4) is 0 Å². The Bertz CT molecular complexity index is 1270. The molecule has 3 aliphatic rings. The molecule has 2 aliphatic heterocycles. The van der Waals surface area contributed by atoms with Crippen LogP contribution in [0.4, 0.5) is 5.69 Å². The minimum atomic E-state index is -0.316. The van der Waals surface area contributed by atoms with Crippen LogP contribution >= 0.6 is 0 Å². The van der Waals surface area contributed by atoms with E-state index in [1.165, 1.54) is 21.9 Å². The van der Waals surface area contributed by atoms with Gasteiger partial charge in [0.05, 0.1) is 5.92 Å². The van der Waals surface area contributed by atoms with Gasteiger partial charge in [-0.2, -0.15) is 0 Å². The summed E-state index contributed by atoms with van der Waals surface area (Å²) >= 11 is 0. The van der Waals surface area contributed by atoms with Gasteiger partial charge in [-0.15, -0.1) is 0 Å². The molecule has 0 radical (unpaired) electrons. The van der Waals surface area contributed by atoms with Gasteiger partial charge in [0.2, 0.25) is 5.91 Å². The highest BCUT2D eigenvalue weighted by Crippen LogP contribution is 2.49. The third kappa shape index (κ3) is 3.23. The lowest BCUT2D eigenvalue weighted by molar-refractivity contribution is -0.125. The molecule has 1 aliphatic carbocycles. The minimum absolute atomic E-state index is 0.118. The average molecular weight is 453 g/mol. The molecule has 1 amide bonds. The van der Waals surface area contributed by atoms with Crippen LogP contribution in [0.5, 0.6) is 0 Å². The summed E-state index contributed by atoms with van der Waals surface area (Å²) in [5, 5.41) is 2.78. The number of benzene rings is 3. The fourth-order valence-corrected chi connectivity index (χ4v) is 6.77. The lowest BCUT2D eigenvalue weighted by Crippen LogP contribution is -2.48. The second kappa shape index (κ2) is 8.35. The van der Waals surface area contributed by atoms with E-state index in [2.05, 4.69) is 54.3 Å². The smallest absolute Gasteiger partial charge is 0.235 e. The third-order valence-corrected chi connectivity index (χ3v) is 8.44. The molecule has 0 spiro atoms. The van der Waals surface area contributed by atoms with Crippen LogP contribution in [0, 0.1) is 0 Å². The first-order chi connectivity index (χ1) is 16.6. The minimum Gasteiger partial charge on any atom is -0.308 e. The van der Waals surface area contributed by atoms with Crippen LogP contribution in [0.3, 0.4) is 0 Å². The number of likely N-dealkylation sites (tertiary alicyclic amines) is 1. The van der Waals surface area contributed by atoms with E-state index in [9.17, 15) is 9.59 Å². The molecule has 4 nitrogen and oxygen atoms in total. The van der Waals surface area contributed by atoms with Crippen LogP contribution in [-0.4, -0.2) is 35.7 Å². The van der Waals surface area contributed by atoms with Crippen LogP contribution in [-0.2, 0) is 9.59 Å². The fraction of sp³-hybridized carbons (Fsp3) is 0.400. The first-order valence-electron chi connectivity index (χ1n) is 12.8. The summed E-state index contributed by atoms with van der Waals surface area (Å²) in [7, 11) is 0. The number of para-hydroxylation sites is 1. The summed E-state index contributed by atoms with van der Waals surface area (Å²) in [5.74, 6) is 0.432. The van der Waals surface area contributed by atoms with Crippen molar-refractivity contribution in [2.45, 2.75) is 63.5 Å². The summed E-state index contributed by atoms with van der Waals surface area (Å²) in [6.07, 6.45) is 2.73. The molecule has 0 N–H and O–H groups in total. The van der Waals surface area contributed by atoms with Crippen molar-refractivity contribution in [1.82, 2.24) is 4.90 Å². The van der Waals surface area contributed by atoms with E-state index < -0.39 is 0 Å². The Morgan fingerprint density at radius 1 is 0.912 bits per heavy atom. The molecule has 1 saturated heterocycles. The van der Waals surface area contributed by atoms with Gasteiger partial charge >= 0.3 is 0 Å². The first-order valence-corrected chi connectivity index (χ1v) is 12.8. The second-order valence-corrected chi connectivity index (χ2v) is 10.2. The zero-order chi connectivity index (χ0) is 23.4. The Balaban J connectivity index is 1.23. The predicted molar refractivity (Wildman–Crippen MR) is 136 cm³/mol. The van der Waals surface area contributed by atoms with Crippen molar-refractivity contribution in [3.63, 3.8) is 0 Å². The molecule has 2 unspecified atom stereocenters. The van der Waals surface area contributed by atoms with Crippen LogP contribution in [0.25, 0.3) is 10.8 Å². The maximum Gasteiger partial charge on any atom is 0.235 e. The number of fused-ring (bicyclic) bond motifs is 1. The Morgan fingerprint density at radius 2 is 1.59 bits per heavy atom. The van der Waals surface area contributed by atoms with Gasteiger partial charge in [0.25, 0.3) is 0 Å². The molecule has 0 aromatic heterocycles. The summed E-state index contributed by atoms with van der Waals surface area (Å²) in [4.78, 5) is 30.4. The number of hydrogen-bond donors (Lipinski definition) is 0. The van der Waals surface area contributed by atoms with E-state index in [1.807, 2.05) is 30.0 Å². The van der Waals surface area contributed by atoms with E-state index in [0.717, 1.165) is 37.2 Å². The molecule has 3 atom stereocenters. The number of nitrogens with zero attached hydrogens (tertiary/aromatic N) is 2. The number of carbonyl (C=O) groups excluding carboxylic acids is 2. The van der Waals surface area contributed by atoms with E-state index in [1.54, 1.807) is 0 Å². The molecular weight excluding hydrogens is 420 g/mol. The number of amides is 1. The van der Waals surface area contributed by atoms with Crippen LogP contribution in [0.1, 0.15) is 74.1 Å². The molecule has 1 fully saturated rings. The molecule has 4 heteroatoms. The summed E-state index contributed by atoms with van der Waals surface area (Å²) in [6, 6.07) is 22.1. The molecular formula is C30H32N2O2. The highest BCUT2D eigenvalue weighted by Gasteiger charge is 2.43. The number of rotatable bonds is 5. The second-order valence-electron chi connectivity index (χ2n) is 10.2. The number of anilines is 1. The topological polar surface area (TPSA) is 40.6 Å². The number of ketones is 1. The van der Waals surface area contributed by atoms with Gasteiger partial charge in [-0.25, -0.2) is 0 Å². The molecule has 6 rings (SSSR count). The third-order valence-electron chi connectivity index (χ3n) is 8.44. The SMILES string of the molecule is CCC(=O)CC1C(=O)N(C2CCN(C3c4cccc5cccc(c45)[C@@H]3C)CC2)c2ccccc21. The van der Waals surface area contributed by atoms with Crippen LogP contribution in [0.15, 0.2) is 60.7 Å². The molecule has 34 heavy (non-hydrogen) atoms. The number of piperidine rings is 1. The van der Waals surface area contributed by atoms with Crippen LogP contribution < -0.4 is 4.90 Å². The summed E-state index contributed by atoms with van der Waals surface area (Å²) in [6.45, 7) is 6.20. The zero-order valence-electron chi connectivity index (χ0n) is 20.0. The standard InChI is InChI=1S/C30H32N2O2/c1-3-22(33)18-26-24-10-4-5-13-27(24)32(30(26)34)21-14-16-31(17-15-21)29-19(2)23-11-6-8-20-9-7-12-25(29)28(20)23/h4-13,19,21,26,29H,3,14-18H2,1-2H3/t19-,26?,29?/m0/s1. The largest absolute Gasteiger partial charge is 0.308 e. The molecule has 3 aromatic rings. The van der Waals surface area contributed by atoms with Gasteiger partial charge in [0, 0.05) is 49.6 Å². The quantitative estimate of drug-likeness (QED) is 0.479. The van der Waals surface area contributed by atoms with E-state index >= 15 is 0 Å². The Hall–Kier alpha value is -2.98. The maximum atomic E-state index is 13.5. The molecule has 2 heterocycles. The monoisotopic (exact) mass is 452 g/mol. The maximum absolute atomic E-state index is 13.5. The molecule has 174 valence electrons. The van der Waals surface area contributed by atoms with Gasteiger partial charge in [-0.05, 0) is 46.4 Å². The van der Waals surface area contributed by atoms with Gasteiger partial charge in [0.15, 0.2) is 0 Å². The number of hydrogen-bond acceptors (Lipinski definition) is 3. The van der Waals surface area contributed by atoms with Crippen molar-refractivity contribution < 1.29 is 9.59 Å². The Morgan fingerprint density at radius 3 is 2.32 bits per heavy atom. The Kier molecular flexibility index (Phi) is 5.29. The van der Waals surface area contributed by atoms with Gasteiger partial charge < -0.3 is 4.90 Å². The van der Waals surface area contributed by atoms with Crippen molar-refractivity contribution >= 4 is 28.2 Å². The molecule has 0 saturated carbocycles. The van der Waals surface area contributed by atoms with E-state index in [4.69, 9.17) is 0 Å². The first kappa shape index (κ1) is 21.5. The van der Waals surface area contributed by atoms with Gasteiger partial charge in [-0.3, -0.25) is 14.5 Å². The number of Topliss-reactive ketones (excluding diaryl/α,β-unsaturated/α-hetero) is 1. The van der Waals surface area contributed by atoms with Crippen molar-refractivity contribution in [2.75, 3.05) is 18.0 Å². The van der Waals surface area contributed by atoms with Crippen molar-refractivity contribution in [3.05, 3.63) is 77.4 Å². The van der Waals surface area contributed by atoms with Crippen molar-refractivity contribution in [2.24, 2.45) is 0 Å². The number of carbonyl (C=O) groups is 2. The summed E-state index contributed by atoms with van der Waals surface area (Å²) < 4.78 is 0. The van der Waals surface area contributed by atoms with Crippen LogP contribution in [0.2, 0.25) is 0 Å². The van der Waals surface area contributed by atoms with Gasteiger partial charge in [0.1, 0.15) is 5.78 Å². The molecule has 0 bridgehead atoms. The highest BCUT2D eigenvalue weighted by molar-refractivity contribution is 6.07. The highest BCUT2D eigenvalue weighted by atomic mass is 16.2. The fourth-order valence-electron chi connectivity index (χ4n) is 6.77. The van der Waals surface area contributed by atoms with E-state index in [0.29, 0.717) is 24.8 Å². The Labute approximate surface area is 201 Å². The van der Waals surface area contributed by atoms with E-state index in [-0.39, 0.29) is 23.7 Å². The summed E-state index contributed by atoms with van der Waals surface area (Å²) in [5.41, 5.74) is 4.97. The lowest BCUT2D eigenvalue weighted by Gasteiger charge is -2.41. The average Bonchev–Trinajstić information content (AvgIpc) is 3.31. The van der Waals surface area contributed by atoms with Gasteiger partial charge in [-0.1, -0.05) is 68.4 Å². The van der Waals surface area contributed by atoms with Crippen molar-refractivity contribution in [1.29, 1.82) is 0 Å². The normalized spacial score (nSPS) is 24.7. The predicted octanol–water partition coefficient (Wildman–Crippen LogP) is 5.96. The molecule has 3 aromatic carbocycles. The zero-order valence-corrected chi connectivity index (χ0v) is 20.0.